The molecule has 0 saturated heterocycles. The van der Waals surface area contributed by atoms with Crippen LogP contribution >= 0.6 is 0 Å². The number of benzene rings is 2. The average Bonchev–Trinajstić information content (AvgIpc) is 3.18. The number of carbonyl (C=O) groups excluding carboxylic acids is 1. The Labute approximate surface area is 164 Å². The number of carbonyl (C=O) groups is 1. The van der Waals surface area contributed by atoms with E-state index in [0.717, 1.165) is 11.1 Å². The first-order valence-corrected chi connectivity index (χ1v) is 8.80. The van der Waals surface area contributed by atoms with Crippen LogP contribution in [0.5, 0.6) is 11.5 Å². The summed E-state index contributed by atoms with van der Waals surface area (Å²) >= 11 is 0. The molecule has 0 atom stereocenters. The highest BCUT2D eigenvalue weighted by molar-refractivity contribution is 5.87. The van der Waals surface area contributed by atoms with Crippen molar-refractivity contribution >= 4 is 12.0 Å². The molecule has 0 aliphatic rings. The van der Waals surface area contributed by atoms with Gasteiger partial charge in [0.05, 0.1) is 14.2 Å². The maximum Gasteiger partial charge on any atom is 0.331 e. The minimum absolute atomic E-state index is 0.102. The Morgan fingerprint density at radius 3 is 2.46 bits per heavy atom. The molecule has 1 aromatic heterocycles. The van der Waals surface area contributed by atoms with Crippen molar-refractivity contribution in [2.45, 2.75) is 13.2 Å². The fourth-order valence-electron chi connectivity index (χ4n) is 2.68. The average molecular weight is 378 g/mol. The van der Waals surface area contributed by atoms with E-state index < -0.39 is 5.97 Å². The van der Waals surface area contributed by atoms with E-state index in [1.54, 1.807) is 44.7 Å². The number of nitrogens with zero attached hydrogens (tertiary/aromatic N) is 2. The number of imidazole rings is 1. The van der Waals surface area contributed by atoms with E-state index in [9.17, 15) is 4.79 Å². The van der Waals surface area contributed by atoms with E-state index in [1.165, 1.54) is 6.08 Å². The Morgan fingerprint density at radius 2 is 1.79 bits per heavy atom. The molecule has 6 nitrogen and oxygen atoms in total. The van der Waals surface area contributed by atoms with Crippen LogP contribution in [0.25, 0.3) is 6.08 Å². The Hall–Kier alpha value is -3.54. The molecular weight excluding hydrogens is 356 g/mol. The maximum atomic E-state index is 12.1. The first kappa shape index (κ1) is 19.2. The lowest BCUT2D eigenvalue weighted by molar-refractivity contribution is -0.139. The van der Waals surface area contributed by atoms with Crippen molar-refractivity contribution < 1.29 is 19.0 Å². The molecule has 6 heteroatoms. The van der Waals surface area contributed by atoms with Crippen LogP contribution in [-0.4, -0.2) is 29.7 Å². The summed E-state index contributed by atoms with van der Waals surface area (Å²) in [4.78, 5) is 16.4. The quantitative estimate of drug-likeness (QED) is 0.442. The third-order valence-electron chi connectivity index (χ3n) is 4.13. The number of hydrogen-bond acceptors (Lipinski definition) is 5. The monoisotopic (exact) mass is 378 g/mol. The minimum Gasteiger partial charge on any atom is -0.497 e. The molecule has 144 valence electrons. The van der Waals surface area contributed by atoms with E-state index in [0.29, 0.717) is 23.9 Å². The van der Waals surface area contributed by atoms with E-state index in [2.05, 4.69) is 4.98 Å². The summed E-state index contributed by atoms with van der Waals surface area (Å²) in [5, 5.41) is 0. The Kier molecular flexibility index (Phi) is 6.46. The van der Waals surface area contributed by atoms with Crippen LogP contribution in [0.1, 0.15) is 17.0 Å². The second-order valence-corrected chi connectivity index (χ2v) is 6.04. The van der Waals surface area contributed by atoms with Crippen molar-refractivity contribution in [1.29, 1.82) is 0 Å². The van der Waals surface area contributed by atoms with Gasteiger partial charge in [-0.1, -0.05) is 30.3 Å². The standard InChI is InChI=1S/C22H22N2O4/c1-26-19-12-18(13-20(14-19)27-2)8-9-22(25)28-16-21-23-10-11-24(21)15-17-6-4-3-5-7-17/h3-14H,15-16H2,1-2H3. The van der Waals surface area contributed by atoms with Gasteiger partial charge in [-0.15, -0.1) is 0 Å². The predicted molar refractivity (Wildman–Crippen MR) is 106 cm³/mol. The van der Waals surface area contributed by atoms with E-state index in [1.807, 2.05) is 41.1 Å². The second-order valence-electron chi connectivity index (χ2n) is 6.04. The molecule has 0 fully saturated rings. The van der Waals surface area contributed by atoms with Gasteiger partial charge < -0.3 is 18.8 Å². The van der Waals surface area contributed by atoms with Gasteiger partial charge in [-0.05, 0) is 29.3 Å². The second kappa shape index (κ2) is 9.41. The number of ether oxygens (including phenoxy) is 3. The molecular formula is C22H22N2O4. The topological polar surface area (TPSA) is 62.6 Å². The molecule has 0 unspecified atom stereocenters. The van der Waals surface area contributed by atoms with Crippen LogP contribution in [0.2, 0.25) is 0 Å². The highest BCUT2D eigenvalue weighted by Gasteiger charge is 2.07. The van der Waals surface area contributed by atoms with Crippen molar-refractivity contribution in [3.05, 3.63) is 84.0 Å². The van der Waals surface area contributed by atoms with Crippen LogP contribution < -0.4 is 9.47 Å². The molecule has 28 heavy (non-hydrogen) atoms. The normalized spacial score (nSPS) is 10.8. The molecule has 0 aliphatic heterocycles. The molecule has 0 bridgehead atoms. The number of aromatic nitrogens is 2. The Balaban J connectivity index is 1.59. The zero-order chi connectivity index (χ0) is 19.8. The Bertz CT molecular complexity index is 926. The van der Waals surface area contributed by atoms with Crippen molar-refractivity contribution in [2.75, 3.05) is 14.2 Å². The summed E-state index contributed by atoms with van der Waals surface area (Å²) < 4.78 is 17.7. The summed E-state index contributed by atoms with van der Waals surface area (Å²) in [5.74, 6) is 1.54. The van der Waals surface area contributed by atoms with E-state index in [4.69, 9.17) is 14.2 Å². The van der Waals surface area contributed by atoms with Gasteiger partial charge in [-0.3, -0.25) is 0 Å². The molecule has 0 spiro atoms. The predicted octanol–water partition coefficient (Wildman–Crippen LogP) is 3.71. The molecule has 0 amide bonds. The maximum absolute atomic E-state index is 12.1. The van der Waals surface area contributed by atoms with Crippen molar-refractivity contribution in [1.82, 2.24) is 9.55 Å². The molecule has 1 heterocycles. The van der Waals surface area contributed by atoms with Gasteiger partial charge in [0, 0.05) is 31.1 Å². The summed E-state index contributed by atoms with van der Waals surface area (Å²) in [6.07, 6.45) is 6.60. The highest BCUT2D eigenvalue weighted by Crippen LogP contribution is 2.23. The van der Waals surface area contributed by atoms with Crippen molar-refractivity contribution in [2.24, 2.45) is 0 Å². The summed E-state index contributed by atoms with van der Waals surface area (Å²) in [6, 6.07) is 15.4. The van der Waals surface area contributed by atoms with E-state index >= 15 is 0 Å². The van der Waals surface area contributed by atoms with Gasteiger partial charge in [0.2, 0.25) is 0 Å². The summed E-state index contributed by atoms with van der Waals surface area (Å²) in [7, 11) is 3.15. The Morgan fingerprint density at radius 1 is 1.07 bits per heavy atom. The van der Waals surface area contributed by atoms with Gasteiger partial charge in [-0.2, -0.15) is 0 Å². The van der Waals surface area contributed by atoms with Crippen LogP contribution in [0.3, 0.4) is 0 Å². The highest BCUT2D eigenvalue weighted by atomic mass is 16.5. The lowest BCUT2D eigenvalue weighted by Crippen LogP contribution is -2.08. The van der Waals surface area contributed by atoms with Crippen molar-refractivity contribution in [3.8, 4) is 11.5 Å². The van der Waals surface area contributed by atoms with Gasteiger partial charge in [0.15, 0.2) is 0 Å². The lowest BCUT2D eigenvalue weighted by atomic mass is 10.2. The molecule has 2 aromatic carbocycles. The third kappa shape index (κ3) is 5.23. The minimum atomic E-state index is -0.448. The smallest absolute Gasteiger partial charge is 0.331 e. The molecule has 0 N–H and O–H groups in total. The molecule has 0 aliphatic carbocycles. The van der Waals surface area contributed by atoms with Gasteiger partial charge >= 0.3 is 5.97 Å². The van der Waals surface area contributed by atoms with Gasteiger partial charge in [0.1, 0.15) is 23.9 Å². The van der Waals surface area contributed by atoms with Crippen LogP contribution in [0.4, 0.5) is 0 Å². The molecule has 0 radical (unpaired) electrons. The number of methoxy groups -OCH3 is 2. The fourth-order valence-corrected chi connectivity index (χ4v) is 2.68. The van der Waals surface area contributed by atoms with Crippen LogP contribution in [-0.2, 0) is 22.7 Å². The summed E-state index contributed by atoms with van der Waals surface area (Å²) in [6.45, 7) is 0.775. The van der Waals surface area contributed by atoms with Crippen molar-refractivity contribution in [3.63, 3.8) is 0 Å². The number of rotatable bonds is 8. The molecule has 3 rings (SSSR count). The summed E-state index contributed by atoms with van der Waals surface area (Å²) in [5.41, 5.74) is 1.93. The first-order valence-electron chi connectivity index (χ1n) is 8.80. The largest absolute Gasteiger partial charge is 0.497 e. The molecule has 3 aromatic rings. The van der Waals surface area contributed by atoms with Crippen LogP contribution in [0.15, 0.2) is 67.0 Å². The van der Waals surface area contributed by atoms with Gasteiger partial charge in [-0.25, -0.2) is 9.78 Å². The zero-order valence-corrected chi connectivity index (χ0v) is 15.9. The number of hydrogen-bond donors (Lipinski definition) is 0. The zero-order valence-electron chi connectivity index (χ0n) is 15.9. The number of esters is 1. The first-order chi connectivity index (χ1) is 13.7. The molecule has 0 saturated carbocycles. The van der Waals surface area contributed by atoms with E-state index in [-0.39, 0.29) is 6.61 Å². The lowest BCUT2D eigenvalue weighted by Gasteiger charge is -2.08. The SMILES string of the molecule is COc1cc(C=CC(=O)OCc2nccn2Cc2ccccc2)cc(OC)c1. The van der Waals surface area contributed by atoms with Gasteiger partial charge in [0.25, 0.3) is 0 Å². The third-order valence-corrected chi connectivity index (χ3v) is 4.13. The van der Waals surface area contributed by atoms with Crippen LogP contribution in [0, 0.1) is 0 Å². The fraction of sp³-hybridized carbons (Fsp3) is 0.182.